The first-order valence-corrected chi connectivity index (χ1v) is 8.83. The van der Waals surface area contributed by atoms with E-state index in [1.807, 2.05) is 24.3 Å². The molecule has 2 aromatic rings. The normalized spacial score (nSPS) is 18.3. The van der Waals surface area contributed by atoms with E-state index < -0.39 is 12.0 Å². The Morgan fingerprint density at radius 3 is 2.91 bits per heavy atom. The number of hydrogen-bond donors (Lipinski definition) is 1. The Balaban J connectivity index is 1.55. The monoisotopic (exact) mass is 332 g/mol. The van der Waals surface area contributed by atoms with Crippen LogP contribution in [0.2, 0.25) is 0 Å². The number of thiazole rings is 1. The lowest BCUT2D eigenvalue weighted by Crippen LogP contribution is -2.47. The van der Waals surface area contributed by atoms with Crippen LogP contribution in [0, 0.1) is 0 Å². The number of aromatic nitrogens is 1. The van der Waals surface area contributed by atoms with Gasteiger partial charge in [0, 0.05) is 13.0 Å². The van der Waals surface area contributed by atoms with Gasteiger partial charge in [0.1, 0.15) is 6.04 Å². The van der Waals surface area contributed by atoms with Crippen LogP contribution in [0.3, 0.4) is 0 Å². The van der Waals surface area contributed by atoms with Gasteiger partial charge in [-0.25, -0.2) is 9.78 Å². The van der Waals surface area contributed by atoms with E-state index in [-0.39, 0.29) is 5.91 Å². The molecule has 1 aliphatic rings. The van der Waals surface area contributed by atoms with Gasteiger partial charge in [-0.15, -0.1) is 11.3 Å². The highest BCUT2D eigenvalue weighted by Gasteiger charge is 2.31. The minimum Gasteiger partial charge on any atom is -0.480 e. The third kappa shape index (κ3) is 3.69. The number of fused-ring (bicyclic) bond motifs is 1. The average Bonchev–Trinajstić information content (AvgIpc) is 2.97. The number of para-hydroxylation sites is 1. The van der Waals surface area contributed by atoms with Crippen LogP contribution in [0.25, 0.3) is 10.2 Å². The number of benzene rings is 1. The second-order valence-corrected chi connectivity index (χ2v) is 6.98. The summed E-state index contributed by atoms with van der Waals surface area (Å²) in [4.78, 5) is 29.7. The Morgan fingerprint density at radius 1 is 1.30 bits per heavy atom. The Hall–Kier alpha value is -1.95. The molecule has 5 nitrogen and oxygen atoms in total. The van der Waals surface area contributed by atoms with Crippen molar-refractivity contribution in [2.24, 2.45) is 0 Å². The number of aryl methyl sites for hydroxylation is 1. The van der Waals surface area contributed by atoms with Gasteiger partial charge in [0.2, 0.25) is 5.91 Å². The summed E-state index contributed by atoms with van der Waals surface area (Å²) in [7, 11) is 0. The van der Waals surface area contributed by atoms with Crippen molar-refractivity contribution in [2.45, 2.75) is 44.6 Å². The lowest BCUT2D eigenvalue weighted by molar-refractivity contribution is -0.152. The van der Waals surface area contributed by atoms with Crippen LogP contribution in [-0.4, -0.2) is 39.5 Å². The summed E-state index contributed by atoms with van der Waals surface area (Å²) in [6.07, 6.45) is 4.21. The van der Waals surface area contributed by atoms with Gasteiger partial charge >= 0.3 is 5.97 Å². The molecule has 1 saturated heterocycles. The molecule has 1 aromatic carbocycles. The molecule has 1 N–H and O–H groups in total. The van der Waals surface area contributed by atoms with Crippen LogP contribution < -0.4 is 0 Å². The molecule has 0 spiro atoms. The van der Waals surface area contributed by atoms with Crippen molar-refractivity contribution in [2.75, 3.05) is 6.54 Å². The van der Waals surface area contributed by atoms with Gasteiger partial charge in [0.05, 0.1) is 15.2 Å². The number of carbonyl (C=O) groups excluding carboxylic acids is 1. The third-order valence-electron chi connectivity index (χ3n) is 4.23. The number of aliphatic carboxylic acids is 1. The number of amides is 1. The summed E-state index contributed by atoms with van der Waals surface area (Å²) < 4.78 is 1.16. The molecule has 3 rings (SSSR count). The SMILES string of the molecule is O=C(O)[C@H]1CCCCN1C(=O)CCCc1nc2ccccc2s1. The van der Waals surface area contributed by atoms with E-state index in [1.54, 1.807) is 16.2 Å². The quantitative estimate of drug-likeness (QED) is 0.913. The Kier molecular flexibility index (Phi) is 4.91. The smallest absolute Gasteiger partial charge is 0.326 e. The summed E-state index contributed by atoms with van der Waals surface area (Å²) in [5, 5.41) is 10.3. The Labute approximate surface area is 138 Å². The van der Waals surface area contributed by atoms with Gasteiger partial charge in [-0.1, -0.05) is 12.1 Å². The summed E-state index contributed by atoms with van der Waals surface area (Å²) in [6, 6.07) is 7.37. The van der Waals surface area contributed by atoms with Crippen LogP contribution in [-0.2, 0) is 16.0 Å². The van der Waals surface area contributed by atoms with Gasteiger partial charge in [0.25, 0.3) is 0 Å². The zero-order chi connectivity index (χ0) is 16.2. The van der Waals surface area contributed by atoms with Gasteiger partial charge < -0.3 is 10.0 Å². The van der Waals surface area contributed by atoms with E-state index in [4.69, 9.17) is 0 Å². The summed E-state index contributed by atoms with van der Waals surface area (Å²) in [6.45, 7) is 0.566. The maximum absolute atomic E-state index is 12.3. The highest BCUT2D eigenvalue weighted by molar-refractivity contribution is 7.18. The molecule has 1 fully saturated rings. The van der Waals surface area contributed by atoms with Crippen LogP contribution >= 0.6 is 11.3 Å². The molecule has 1 amide bonds. The number of nitrogens with zero attached hydrogens (tertiary/aromatic N) is 2. The van der Waals surface area contributed by atoms with Gasteiger partial charge in [-0.3, -0.25) is 4.79 Å². The molecular formula is C17H20N2O3S. The predicted molar refractivity (Wildman–Crippen MR) is 89.5 cm³/mol. The third-order valence-corrected chi connectivity index (χ3v) is 5.32. The lowest BCUT2D eigenvalue weighted by Gasteiger charge is -2.33. The zero-order valence-corrected chi connectivity index (χ0v) is 13.7. The predicted octanol–water partition coefficient (Wildman–Crippen LogP) is 3.08. The van der Waals surface area contributed by atoms with Crippen molar-refractivity contribution in [3.8, 4) is 0 Å². The second-order valence-electron chi connectivity index (χ2n) is 5.87. The van der Waals surface area contributed by atoms with E-state index >= 15 is 0 Å². The fourth-order valence-corrected chi connectivity index (χ4v) is 4.06. The van der Waals surface area contributed by atoms with Crippen molar-refractivity contribution < 1.29 is 14.7 Å². The lowest BCUT2D eigenvalue weighted by atomic mass is 10.0. The van der Waals surface area contributed by atoms with E-state index in [9.17, 15) is 14.7 Å². The van der Waals surface area contributed by atoms with Gasteiger partial charge in [0.15, 0.2) is 0 Å². The number of rotatable bonds is 5. The van der Waals surface area contributed by atoms with Crippen LogP contribution in [0.1, 0.15) is 37.1 Å². The fourth-order valence-electron chi connectivity index (χ4n) is 3.05. The highest BCUT2D eigenvalue weighted by Crippen LogP contribution is 2.23. The van der Waals surface area contributed by atoms with Crippen LogP contribution in [0.5, 0.6) is 0 Å². The summed E-state index contributed by atoms with van der Waals surface area (Å²) >= 11 is 1.66. The second kappa shape index (κ2) is 7.08. The molecular weight excluding hydrogens is 312 g/mol. The summed E-state index contributed by atoms with van der Waals surface area (Å²) in [5.74, 6) is -0.928. The van der Waals surface area contributed by atoms with E-state index in [2.05, 4.69) is 4.98 Å². The fraction of sp³-hybridized carbons (Fsp3) is 0.471. The number of carboxylic acid groups (broad SMARTS) is 1. The molecule has 0 aliphatic carbocycles. The number of hydrogen-bond acceptors (Lipinski definition) is 4. The minimum absolute atomic E-state index is 0.0433. The maximum atomic E-state index is 12.3. The Morgan fingerprint density at radius 2 is 2.13 bits per heavy atom. The average molecular weight is 332 g/mol. The number of carboxylic acids is 1. The molecule has 0 bridgehead atoms. The van der Waals surface area contributed by atoms with E-state index in [0.717, 1.165) is 34.5 Å². The topological polar surface area (TPSA) is 70.5 Å². The molecule has 0 unspecified atom stereocenters. The number of piperidine rings is 1. The molecule has 0 saturated carbocycles. The van der Waals surface area contributed by atoms with Crippen molar-refractivity contribution >= 4 is 33.4 Å². The standard InChI is InChI=1S/C17H20N2O3S/c20-16(19-11-4-3-7-13(19)17(21)22)10-5-9-15-18-12-6-1-2-8-14(12)23-15/h1-2,6,8,13H,3-5,7,9-11H2,(H,21,22)/t13-/m1/s1. The zero-order valence-electron chi connectivity index (χ0n) is 12.9. The Bertz CT molecular complexity index is 680. The number of likely N-dealkylation sites (tertiary alicyclic amines) is 1. The molecule has 1 aliphatic heterocycles. The van der Waals surface area contributed by atoms with Crippen molar-refractivity contribution in [3.05, 3.63) is 29.3 Å². The highest BCUT2D eigenvalue weighted by atomic mass is 32.1. The van der Waals surface area contributed by atoms with Crippen molar-refractivity contribution in [1.29, 1.82) is 0 Å². The van der Waals surface area contributed by atoms with Crippen LogP contribution in [0.4, 0.5) is 0 Å². The van der Waals surface area contributed by atoms with Crippen LogP contribution in [0.15, 0.2) is 24.3 Å². The molecule has 2 heterocycles. The van der Waals surface area contributed by atoms with Gasteiger partial charge in [-0.05, 0) is 44.2 Å². The molecule has 1 atom stereocenters. The molecule has 23 heavy (non-hydrogen) atoms. The first kappa shape index (κ1) is 15.9. The van der Waals surface area contributed by atoms with Gasteiger partial charge in [-0.2, -0.15) is 0 Å². The largest absolute Gasteiger partial charge is 0.480 e. The molecule has 6 heteroatoms. The van der Waals surface area contributed by atoms with Crippen molar-refractivity contribution in [3.63, 3.8) is 0 Å². The summed E-state index contributed by atoms with van der Waals surface area (Å²) in [5.41, 5.74) is 1.00. The first-order chi connectivity index (χ1) is 11.1. The molecule has 0 radical (unpaired) electrons. The van der Waals surface area contributed by atoms with Crippen molar-refractivity contribution in [1.82, 2.24) is 9.88 Å². The number of carbonyl (C=O) groups is 2. The maximum Gasteiger partial charge on any atom is 0.326 e. The van der Waals surface area contributed by atoms with E-state index in [0.29, 0.717) is 25.8 Å². The molecule has 122 valence electrons. The first-order valence-electron chi connectivity index (χ1n) is 8.02. The molecule has 1 aromatic heterocycles. The minimum atomic E-state index is -0.885. The van der Waals surface area contributed by atoms with E-state index in [1.165, 1.54) is 0 Å².